The first kappa shape index (κ1) is 14.0. The topological polar surface area (TPSA) is 30.5 Å². The van der Waals surface area contributed by atoms with Gasteiger partial charge in [0.15, 0.2) is 11.5 Å². The quantitative estimate of drug-likeness (QED) is 0.910. The van der Waals surface area contributed by atoms with Crippen molar-refractivity contribution in [2.75, 3.05) is 18.5 Å². The summed E-state index contributed by atoms with van der Waals surface area (Å²) in [5, 5.41) is 3.81. The Bertz CT molecular complexity index is 663. The van der Waals surface area contributed by atoms with E-state index in [1.54, 1.807) is 12.1 Å². The minimum absolute atomic E-state index is 0.0826. The Morgan fingerprint density at radius 2 is 1.86 bits per heavy atom. The van der Waals surface area contributed by atoms with E-state index >= 15 is 0 Å². The molecule has 0 aliphatic carbocycles. The molecular formula is C16H15ClFNO2. The summed E-state index contributed by atoms with van der Waals surface area (Å²) in [5.74, 6) is 1.06. The minimum Gasteiger partial charge on any atom is -0.486 e. The van der Waals surface area contributed by atoms with Gasteiger partial charge in [0, 0.05) is 18.2 Å². The van der Waals surface area contributed by atoms with Gasteiger partial charge in [-0.2, -0.15) is 0 Å². The minimum atomic E-state index is -0.255. The first-order valence-corrected chi connectivity index (χ1v) is 7.12. The molecule has 110 valence electrons. The summed E-state index contributed by atoms with van der Waals surface area (Å²) in [6.07, 6.45) is 0. The fraction of sp³-hybridized carbons (Fsp3) is 0.250. The average Bonchev–Trinajstić information content (AvgIpc) is 2.48. The number of ether oxygens (including phenoxy) is 2. The lowest BCUT2D eigenvalue weighted by atomic mass is 10.1. The Morgan fingerprint density at radius 3 is 2.57 bits per heavy atom. The van der Waals surface area contributed by atoms with Crippen LogP contribution in [0.1, 0.15) is 18.5 Å². The van der Waals surface area contributed by atoms with Crippen LogP contribution in [0.3, 0.4) is 0 Å². The van der Waals surface area contributed by atoms with Gasteiger partial charge in [0.05, 0.1) is 10.7 Å². The molecule has 0 fully saturated rings. The number of nitrogens with one attached hydrogen (secondary N) is 1. The Labute approximate surface area is 127 Å². The van der Waals surface area contributed by atoms with Crippen LogP contribution in [-0.2, 0) is 0 Å². The highest BCUT2D eigenvalue weighted by Gasteiger charge is 2.16. The van der Waals surface area contributed by atoms with E-state index in [0.717, 1.165) is 11.3 Å². The van der Waals surface area contributed by atoms with Crippen molar-refractivity contribution >= 4 is 17.3 Å². The average molecular weight is 308 g/mol. The maximum absolute atomic E-state index is 13.3. The van der Waals surface area contributed by atoms with Crippen molar-refractivity contribution in [3.8, 4) is 11.5 Å². The van der Waals surface area contributed by atoms with E-state index < -0.39 is 0 Å². The highest BCUT2D eigenvalue weighted by Crippen LogP contribution is 2.39. The molecule has 3 nitrogen and oxygen atoms in total. The van der Waals surface area contributed by atoms with Crippen molar-refractivity contribution in [3.63, 3.8) is 0 Å². The van der Waals surface area contributed by atoms with Gasteiger partial charge in [0.2, 0.25) is 0 Å². The van der Waals surface area contributed by atoms with Gasteiger partial charge < -0.3 is 14.8 Å². The number of hydrogen-bond acceptors (Lipinski definition) is 3. The van der Waals surface area contributed by atoms with E-state index in [-0.39, 0.29) is 11.9 Å². The van der Waals surface area contributed by atoms with E-state index in [1.165, 1.54) is 12.1 Å². The number of fused-ring (bicyclic) bond motifs is 1. The van der Waals surface area contributed by atoms with Crippen molar-refractivity contribution in [1.82, 2.24) is 0 Å². The van der Waals surface area contributed by atoms with Gasteiger partial charge in [0.1, 0.15) is 19.0 Å². The maximum atomic E-state index is 13.3. The molecule has 0 aromatic heterocycles. The lowest BCUT2D eigenvalue weighted by molar-refractivity contribution is 0.171. The number of halogens is 2. The second-order valence-corrected chi connectivity index (χ2v) is 5.30. The standard InChI is InChI=1S/C16H15ClFNO2/c1-10(11-3-2-4-12(18)7-11)19-14-9-16-15(8-13(14)17)20-5-6-21-16/h2-4,7-10,19H,5-6H2,1H3. The molecule has 0 spiro atoms. The van der Waals surface area contributed by atoms with E-state index in [0.29, 0.717) is 29.7 Å². The third kappa shape index (κ3) is 3.05. The van der Waals surface area contributed by atoms with Crippen LogP contribution in [0.2, 0.25) is 5.02 Å². The predicted molar refractivity (Wildman–Crippen MR) is 80.9 cm³/mol. The molecule has 2 aromatic rings. The summed E-state index contributed by atoms with van der Waals surface area (Å²) >= 11 is 6.25. The molecule has 1 unspecified atom stereocenters. The van der Waals surface area contributed by atoms with Crippen LogP contribution in [0, 0.1) is 5.82 Å². The summed E-state index contributed by atoms with van der Waals surface area (Å²) in [5.41, 5.74) is 1.58. The van der Waals surface area contributed by atoms with Crippen molar-refractivity contribution in [2.24, 2.45) is 0 Å². The summed E-state index contributed by atoms with van der Waals surface area (Å²) in [6, 6.07) is 9.95. The summed E-state index contributed by atoms with van der Waals surface area (Å²) in [6.45, 7) is 2.99. The van der Waals surface area contributed by atoms with Gasteiger partial charge in [-0.05, 0) is 24.6 Å². The van der Waals surface area contributed by atoms with Gasteiger partial charge >= 0.3 is 0 Å². The third-order valence-corrected chi connectivity index (χ3v) is 3.67. The van der Waals surface area contributed by atoms with Crippen molar-refractivity contribution in [1.29, 1.82) is 0 Å². The fourth-order valence-electron chi connectivity index (χ4n) is 2.27. The SMILES string of the molecule is CC(Nc1cc2c(cc1Cl)OCCO2)c1cccc(F)c1. The molecule has 1 atom stereocenters. The van der Waals surface area contributed by atoms with Gasteiger partial charge in [0.25, 0.3) is 0 Å². The predicted octanol–water partition coefficient (Wildman–Crippen LogP) is 4.42. The van der Waals surface area contributed by atoms with Crippen LogP contribution in [0.25, 0.3) is 0 Å². The molecule has 0 saturated carbocycles. The zero-order valence-electron chi connectivity index (χ0n) is 11.5. The number of hydrogen-bond donors (Lipinski definition) is 1. The monoisotopic (exact) mass is 307 g/mol. The molecular weight excluding hydrogens is 293 g/mol. The molecule has 1 aliphatic rings. The van der Waals surface area contributed by atoms with E-state index in [4.69, 9.17) is 21.1 Å². The Hall–Kier alpha value is -1.94. The van der Waals surface area contributed by atoms with Gasteiger partial charge in [-0.3, -0.25) is 0 Å². The lowest BCUT2D eigenvalue weighted by Gasteiger charge is -2.22. The van der Waals surface area contributed by atoms with E-state index in [2.05, 4.69) is 5.32 Å². The van der Waals surface area contributed by atoms with Gasteiger partial charge in [-0.1, -0.05) is 23.7 Å². The number of anilines is 1. The number of benzene rings is 2. The Balaban J connectivity index is 1.84. The summed E-state index contributed by atoms with van der Waals surface area (Å²) in [7, 11) is 0. The molecule has 2 aromatic carbocycles. The van der Waals surface area contributed by atoms with Gasteiger partial charge in [-0.25, -0.2) is 4.39 Å². The second-order valence-electron chi connectivity index (χ2n) is 4.90. The van der Waals surface area contributed by atoms with Crippen molar-refractivity contribution < 1.29 is 13.9 Å². The van der Waals surface area contributed by atoms with E-state index in [9.17, 15) is 4.39 Å². The van der Waals surface area contributed by atoms with Crippen LogP contribution in [-0.4, -0.2) is 13.2 Å². The molecule has 0 radical (unpaired) electrons. The highest BCUT2D eigenvalue weighted by molar-refractivity contribution is 6.33. The molecule has 21 heavy (non-hydrogen) atoms. The Morgan fingerprint density at radius 1 is 1.14 bits per heavy atom. The lowest BCUT2D eigenvalue weighted by Crippen LogP contribution is -2.16. The fourth-order valence-corrected chi connectivity index (χ4v) is 2.48. The first-order chi connectivity index (χ1) is 10.1. The smallest absolute Gasteiger partial charge is 0.163 e. The second kappa shape index (κ2) is 5.82. The molecule has 3 rings (SSSR count). The molecule has 5 heteroatoms. The van der Waals surface area contributed by atoms with Crippen LogP contribution in [0.4, 0.5) is 10.1 Å². The van der Waals surface area contributed by atoms with E-state index in [1.807, 2.05) is 19.1 Å². The van der Waals surface area contributed by atoms with Crippen LogP contribution in [0.5, 0.6) is 11.5 Å². The van der Waals surface area contributed by atoms with Crippen LogP contribution < -0.4 is 14.8 Å². The van der Waals surface area contributed by atoms with Crippen LogP contribution >= 0.6 is 11.6 Å². The normalized spacial score (nSPS) is 14.6. The largest absolute Gasteiger partial charge is 0.486 e. The Kier molecular flexibility index (Phi) is 3.88. The zero-order chi connectivity index (χ0) is 14.8. The van der Waals surface area contributed by atoms with Crippen molar-refractivity contribution in [2.45, 2.75) is 13.0 Å². The number of rotatable bonds is 3. The zero-order valence-corrected chi connectivity index (χ0v) is 12.3. The molecule has 1 aliphatic heterocycles. The third-order valence-electron chi connectivity index (χ3n) is 3.35. The molecule has 0 bridgehead atoms. The molecule has 1 N–H and O–H groups in total. The molecule has 0 saturated heterocycles. The molecule has 0 amide bonds. The first-order valence-electron chi connectivity index (χ1n) is 6.74. The maximum Gasteiger partial charge on any atom is 0.163 e. The summed E-state index contributed by atoms with van der Waals surface area (Å²) < 4.78 is 24.3. The van der Waals surface area contributed by atoms with Crippen LogP contribution in [0.15, 0.2) is 36.4 Å². The van der Waals surface area contributed by atoms with Crippen molar-refractivity contribution in [3.05, 3.63) is 52.8 Å². The summed E-state index contributed by atoms with van der Waals surface area (Å²) in [4.78, 5) is 0. The molecule has 1 heterocycles. The van der Waals surface area contributed by atoms with Gasteiger partial charge in [-0.15, -0.1) is 0 Å². The highest BCUT2D eigenvalue weighted by atomic mass is 35.5.